The number of nitrogens with zero attached hydrogens (tertiary/aromatic N) is 2. The standard InChI is InChI=1S/C20H16FN5OS/c1-10-9-23-18-17-12-2-5-16(25-11-6-7-22-15(21)8-11)26-13(12)3-4-14(17)28-19(18)20(27)24-10/h2-8,10,23H,9H2,1H3,(H,24,27)(H,22,25,26)/t10-/m1/s1. The first-order chi connectivity index (χ1) is 13.6. The van der Waals surface area contributed by atoms with E-state index < -0.39 is 5.95 Å². The number of carbonyl (C=O) groups excluding carboxylic acids is 1. The molecule has 3 aromatic heterocycles. The van der Waals surface area contributed by atoms with Gasteiger partial charge in [0.2, 0.25) is 5.95 Å². The summed E-state index contributed by atoms with van der Waals surface area (Å²) in [7, 11) is 0. The van der Waals surface area contributed by atoms with Crippen LogP contribution in [0.5, 0.6) is 0 Å². The Hall–Kier alpha value is -3.26. The van der Waals surface area contributed by atoms with Crippen LogP contribution in [0.25, 0.3) is 21.0 Å². The Morgan fingerprint density at radius 3 is 3.00 bits per heavy atom. The number of fused-ring (bicyclic) bond motifs is 5. The zero-order chi connectivity index (χ0) is 19.3. The summed E-state index contributed by atoms with van der Waals surface area (Å²) in [4.78, 5) is 21.4. The minimum Gasteiger partial charge on any atom is -0.381 e. The van der Waals surface area contributed by atoms with Crippen LogP contribution in [0.2, 0.25) is 0 Å². The van der Waals surface area contributed by atoms with E-state index in [0.29, 0.717) is 22.9 Å². The van der Waals surface area contributed by atoms with E-state index in [-0.39, 0.29) is 11.9 Å². The SMILES string of the molecule is C[C@@H]1CNc2c(sc3ccc4nc(Nc5ccnc(F)c5)ccc4c23)C(=O)N1. The van der Waals surface area contributed by atoms with Crippen LogP contribution < -0.4 is 16.0 Å². The van der Waals surface area contributed by atoms with Crippen LogP contribution in [0.4, 0.5) is 21.6 Å². The highest BCUT2D eigenvalue weighted by atomic mass is 32.1. The lowest BCUT2D eigenvalue weighted by molar-refractivity contribution is 0.0949. The van der Waals surface area contributed by atoms with Crippen LogP contribution in [0.1, 0.15) is 16.6 Å². The maximum absolute atomic E-state index is 13.3. The van der Waals surface area contributed by atoms with Crippen molar-refractivity contribution in [3.8, 4) is 0 Å². The van der Waals surface area contributed by atoms with Gasteiger partial charge in [0.05, 0.1) is 11.2 Å². The molecule has 8 heteroatoms. The first-order valence-electron chi connectivity index (χ1n) is 8.88. The van der Waals surface area contributed by atoms with Crippen LogP contribution in [0.15, 0.2) is 42.6 Å². The summed E-state index contributed by atoms with van der Waals surface area (Å²) in [5.41, 5.74) is 2.25. The highest BCUT2D eigenvalue weighted by Gasteiger charge is 2.24. The highest BCUT2D eigenvalue weighted by Crippen LogP contribution is 2.41. The van der Waals surface area contributed by atoms with E-state index in [1.807, 2.05) is 31.2 Å². The lowest BCUT2D eigenvalue weighted by Crippen LogP contribution is -2.34. The van der Waals surface area contributed by atoms with Gasteiger partial charge in [0.15, 0.2) is 0 Å². The molecule has 1 aliphatic heterocycles. The molecule has 1 atom stereocenters. The number of thiophene rings is 1. The minimum absolute atomic E-state index is 0.0483. The Morgan fingerprint density at radius 1 is 1.25 bits per heavy atom. The molecule has 1 aliphatic rings. The minimum atomic E-state index is -0.549. The summed E-state index contributed by atoms with van der Waals surface area (Å²) in [6.45, 7) is 2.64. The molecule has 4 heterocycles. The predicted molar refractivity (Wildman–Crippen MR) is 110 cm³/mol. The molecule has 0 aliphatic carbocycles. The molecule has 0 spiro atoms. The van der Waals surface area contributed by atoms with E-state index >= 15 is 0 Å². The van der Waals surface area contributed by atoms with Gasteiger partial charge in [0.25, 0.3) is 5.91 Å². The Labute approximate surface area is 163 Å². The number of halogens is 1. The summed E-state index contributed by atoms with van der Waals surface area (Å²) in [5.74, 6) is 0.0120. The second-order valence-electron chi connectivity index (χ2n) is 6.76. The van der Waals surface area contributed by atoms with Crippen LogP contribution in [-0.2, 0) is 0 Å². The van der Waals surface area contributed by atoms with Gasteiger partial charge in [0.1, 0.15) is 10.7 Å². The van der Waals surface area contributed by atoms with E-state index in [1.54, 1.807) is 6.07 Å². The fourth-order valence-electron chi connectivity index (χ4n) is 3.42. The van der Waals surface area contributed by atoms with Crippen molar-refractivity contribution in [2.45, 2.75) is 13.0 Å². The molecule has 28 heavy (non-hydrogen) atoms. The van der Waals surface area contributed by atoms with Crippen LogP contribution in [0.3, 0.4) is 0 Å². The third-order valence-electron chi connectivity index (χ3n) is 4.69. The number of rotatable bonds is 2. The molecule has 0 saturated heterocycles. The van der Waals surface area contributed by atoms with Crippen molar-refractivity contribution in [2.24, 2.45) is 0 Å². The lowest BCUT2D eigenvalue weighted by Gasteiger charge is -2.10. The van der Waals surface area contributed by atoms with Gasteiger partial charge in [-0.2, -0.15) is 4.39 Å². The van der Waals surface area contributed by atoms with Gasteiger partial charge in [-0.1, -0.05) is 0 Å². The van der Waals surface area contributed by atoms with E-state index in [4.69, 9.17) is 0 Å². The van der Waals surface area contributed by atoms with Crippen molar-refractivity contribution < 1.29 is 9.18 Å². The summed E-state index contributed by atoms with van der Waals surface area (Å²) in [5, 5.41) is 11.5. The highest BCUT2D eigenvalue weighted by molar-refractivity contribution is 7.21. The van der Waals surface area contributed by atoms with Crippen LogP contribution in [-0.4, -0.2) is 28.5 Å². The Balaban J connectivity index is 1.62. The van der Waals surface area contributed by atoms with E-state index in [2.05, 4.69) is 25.9 Å². The van der Waals surface area contributed by atoms with E-state index in [1.165, 1.54) is 23.6 Å². The number of hydrogen-bond acceptors (Lipinski definition) is 6. The second-order valence-corrected chi connectivity index (χ2v) is 7.81. The average molecular weight is 393 g/mol. The van der Waals surface area contributed by atoms with Gasteiger partial charge in [-0.25, -0.2) is 9.97 Å². The third-order valence-corrected chi connectivity index (χ3v) is 5.84. The number of pyridine rings is 2. The van der Waals surface area contributed by atoms with Crippen molar-refractivity contribution in [3.05, 3.63) is 53.4 Å². The molecule has 5 rings (SSSR count). The van der Waals surface area contributed by atoms with Crippen molar-refractivity contribution in [3.63, 3.8) is 0 Å². The second kappa shape index (κ2) is 6.42. The summed E-state index contributed by atoms with van der Waals surface area (Å²) >= 11 is 1.48. The molecular formula is C20H16FN5OS. The Bertz CT molecular complexity index is 1240. The van der Waals surface area contributed by atoms with Crippen LogP contribution in [0, 0.1) is 5.95 Å². The monoisotopic (exact) mass is 393 g/mol. The maximum Gasteiger partial charge on any atom is 0.263 e. The number of carbonyl (C=O) groups is 1. The number of aromatic nitrogens is 2. The summed E-state index contributed by atoms with van der Waals surface area (Å²) < 4.78 is 14.3. The molecule has 0 unspecified atom stereocenters. The molecule has 1 amide bonds. The topological polar surface area (TPSA) is 78.9 Å². The fraction of sp³-hybridized carbons (Fsp3) is 0.150. The smallest absolute Gasteiger partial charge is 0.263 e. The lowest BCUT2D eigenvalue weighted by atomic mass is 10.1. The molecule has 0 bridgehead atoms. The van der Waals surface area contributed by atoms with Crippen molar-refractivity contribution in [1.29, 1.82) is 0 Å². The van der Waals surface area contributed by atoms with Gasteiger partial charge in [-0.3, -0.25) is 4.79 Å². The van der Waals surface area contributed by atoms with Gasteiger partial charge >= 0.3 is 0 Å². The van der Waals surface area contributed by atoms with Gasteiger partial charge in [-0.05, 0) is 37.3 Å². The number of hydrogen-bond donors (Lipinski definition) is 3. The predicted octanol–water partition coefficient (Wildman–Crippen LogP) is 4.27. The summed E-state index contributed by atoms with van der Waals surface area (Å²) in [6.07, 6.45) is 1.40. The first-order valence-corrected chi connectivity index (χ1v) is 9.70. The van der Waals surface area contributed by atoms with Gasteiger partial charge < -0.3 is 16.0 Å². The Kier molecular flexibility index (Phi) is 3.87. The van der Waals surface area contributed by atoms with E-state index in [9.17, 15) is 9.18 Å². The van der Waals surface area contributed by atoms with Gasteiger partial charge in [-0.15, -0.1) is 11.3 Å². The largest absolute Gasteiger partial charge is 0.381 e. The average Bonchev–Trinajstić information content (AvgIpc) is 2.99. The molecule has 3 N–H and O–H groups in total. The first kappa shape index (κ1) is 16.9. The molecule has 140 valence electrons. The molecule has 6 nitrogen and oxygen atoms in total. The molecule has 1 aromatic carbocycles. The zero-order valence-electron chi connectivity index (χ0n) is 14.9. The van der Waals surface area contributed by atoms with E-state index in [0.717, 1.165) is 26.7 Å². The molecular weight excluding hydrogens is 377 g/mol. The van der Waals surface area contributed by atoms with Crippen LogP contribution >= 0.6 is 11.3 Å². The fourth-order valence-corrected chi connectivity index (χ4v) is 4.52. The normalized spacial score (nSPS) is 16.4. The number of amides is 1. The summed E-state index contributed by atoms with van der Waals surface area (Å²) in [6, 6.07) is 10.8. The zero-order valence-corrected chi connectivity index (χ0v) is 15.7. The van der Waals surface area contributed by atoms with Gasteiger partial charge in [0, 0.05) is 46.0 Å². The molecule has 0 fully saturated rings. The number of benzene rings is 1. The molecule has 0 saturated carbocycles. The van der Waals surface area contributed by atoms with Crippen molar-refractivity contribution in [1.82, 2.24) is 15.3 Å². The quantitative estimate of drug-likeness (QED) is 0.443. The molecule has 4 aromatic rings. The maximum atomic E-state index is 13.3. The number of nitrogens with one attached hydrogen (secondary N) is 3. The number of anilines is 3. The third kappa shape index (κ3) is 2.82. The molecule has 0 radical (unpaired) electrons. The Morgan fingerprint density at radius 2 is 2.14 bits per heavy atom. The van der Waals surface area contributed by atoms with Crippen molar-refractivity contribution in [2.75, 3.05) is 17.2 Å². The van der Waals surface area contributed by atoms with Crippen molar-refractivity contribution >= 4 is 55.4 Å².